The molecule has 1 heterocycles. The first-order valence-corrected chi connectivity index (χ1v) is 5.54. The SMILES string of the molecule is Cc1nccnc1N(CCC#N)CC(C)C. The Labute approximate surface area is 96.9 Å². The zero-order valence-electron chi connectivity index (χ0n) is 10.1. The van der Waals surface area contributed by atoms with Crippen molar-refractivity contribution in [3.05, 3.63) is 18.1 Å². The first-order chi connectivity index (χ1) is 7.65. The molecule has 0 spiro atoms. The molecule has 0 aliphatic rings. The van der Waals surface area contributed by atoms with Crippen molar-refractivity contribution in [3.63, 3.8) is 0 Å². The second-order valence-corrected chi connectivity index (χ2v) is 4.21. The van der Waals surface area contributed by atoms with Crippen molar-refractivity contribution in [1.82, 2.24) is 9.97 Å². The molecule has 4 nitrogen and oxygen atoms in total. The normalized spacial score (nSPS) is 10.2. The number of rotatable bonds is 5. The van der Waals surface area contributed by atoms with Crippen molar-refractivity contribution in [2.24, 2.45) is 5.92 Å². The fraction of sp³-hybridized carbons (Fsp3) is 0.583. The second kappa shape index (κ2) is 6.06. The minimum atomic E-state index is 0.517. The van der Waals surface area contributed by atoms with E-state index < -0.39 is 0 Å². The van der Waals surface area contributed by atoms with Crippen LogP contribution in [0.15, 0.2) is 12.4 Å². The van der Waals surface area contributed by atoms with Crippen LogP contribution in [-0.2, 0) is 0 Å². The zero-order chi connectivity index (χ0) is 12.0. The third kappa shape index (κ3) is 3.50. The van der Waals surface area contributed by atoms with Gasteiger partial charge in [-0.05, 0) is 12.8 Å². The smallest absolute Gasteiger partial charge is 0.150 e. The molecule has 1 aromatic rings. The minimum Gasteiger partial charge on any atom is -0.354 e. The van der Waals surface area contributed by atoms with Gasteiger partial charge in [0.2, 0.25) is 0 Å². The van der Waals surface area contributed by atoms with Gasteiger partial charge in [0.25, 0.3) is 0 Å². The van der Waals surface area contributed by atoms with Crippen LogP contribution in [0.2, 0.25) is 0 Å². The van der Waals surface area contributed by atoms with Gasteiger partial charge in [-0.15, -0.1) is 0 Å². The van der Waals surface area contributed by atoms with Gasteiger partial charge in [0.1, 0.15) is 5.82 Å². The first kappa shape index (κ1) is 12.4. The van der Waals surface area contributed by atoms with E-state index in [9.17, 15) is 0 Å². The van der Waals surface area contributed by atoms with Crippen molar-refractivity contribution >= 4 is 5.82 Å². The van der Waals surface area contributed by atoms with Gasteiger partial charge in [-0.2, -0.15) is 5.26 Å². The van der Waals surface area contributed by atoms with E-state index in [1.165, 1.54) is 0 Å². The van der Waals surface area contributed by atoms with E-state index in [2.05, 4.69) is 34.8 Å². The van der Waals surface area contributed by atoms with E-state index in [0.717, 1.165) is 18.1 Å². The van der Waals surface area contributed by atoms with E-state index in [1.807, 2.05) is 6.92 Å². The summed E-state index contributed by atoms with van der Waals surface area (Å²) in [7, 11) is 0. The molecule has 0 N–H and O–H groups in total. The quantitative estimate of drug-likeness (QED) is 0.760. The van der Waals surface area contributed by atoms with E-state index in [1.54, 1.807) is 12.4 Å². The summed E-state index contributed by atoms with van der Waals surface area (Å²) in [5.41, 5.74) is 0.918. The second-order valence-electron chi connectivity index (χ2n) is 4.21. The summed E-state index contributed by atoms with van der Waals surface area (Å²) >= 11 is 0. The largest absolute Gasteiger partial charge is 0.354 e. The van der Waals surface area contributed by atoms with Crippen LogP contribution in [-0.4, -0.2) is 23.1 Å². The molecule has 0 fully saturated rings. The zero-order valence-corrected chi connectivity index (χ0v) is 10.1. The van der Waals surface area contributed by atoms with Crippen molar-refractivity contribution in [2.75, 3.05) is 18.0 Å². The summed E-state index contributed by atoms with van der Waals surface area (Å²) in [6, 6.07) is 2.17. The van der Waals surface area contributed by atoms with Gasteiger partial charge in [-0.25, -0.2) is 4.98 Å². The van der Waals surface area contributed by atoms with Crippen molar-refractivity contribution in [1.29, 1.82) is 5.26 Å². The van der Waals surface area contributed by atoms with Crippen LogP contribution in [0.3, 0.4) is 0 Å². The Morgan fingerprint density at radius 3 is 2.62 bits per heavy atom. The lowest BCUT2D eigenvalue weighted by Crippen LogP contribution is -2.30. The molecule has 0 saturated carbocycles. The Hall–Kier alpha value is -1.63. The van der Waals surface area contributed by atoms with E-state index in [-0.39, 0.29) is 0 Å². The summed E-state index contributed by atoms with van der Waals surface area (Å²) in [5.74, 6) is 1.44. The highest BCUT2D eigenvalue weighted by Gasteiger charge is 2.12. The summed E-state index contributed by atoms with van der Waals surface area (Å²) in [4.78, 5) is 10.7. The fourth-order valence-corrected chi connectivity index (χ4v) is 1.62. The summed E-state index contributed by atoms with van der Waals surface area (Å²) < 4.78 is 0. The maximum Gasteiger partial charge on any atom is 0.150 e. The predicted octanol–water partition coefficient (Wildman–Crippen LogP) is 2.16. The molecule has 0 radical (unpaired) electrons. The number of hydrogen-bond donors (Lipinski definition) is 0. The van der Waals surface area contributed by atoms with Gasteiger partial charge in [0, 0.05) is 25.5 Å². The van der Waals surface area contributed by atoms with Crippen LogP contribution in [0.5, 0.6) is 0 Å². The molecule has 0 aromatic carbocycles. The van der Waals surface area contributed by atoms with Crippen LogP contribution >= 0.6 is 0 Å². The first-order valence-electron chi connectivity index (χ1n) is 5.54. The Balaban J connectivity index is 2.83. The molecule has 4 heteroatoms. The molecule has 0 atom stereocenters. The number of aromatic nitrogens is 2. The maximum atomic E-state index is 8.65. The number of anilines is 1. The van der Waals surface area contributed by atoms with E-state index in [0.29, 0.717) is 18.9 Å². The van der Waals surface area contributed by atoms with Gasteiger partial charge in [-0.3, -0.25) is 4.98 Å². The fourth-order valence-electron chi connectivity index (χ4n) is 1.62. The lowest BCUT2D eigenvalue weighted by atomic mass is 10.2. The van der Waals surface area contributed by atoms with Gasteiger partial charge >= 0.3 is 0 Å². The molecular formula is C12H18N4. The number of nitrogens with zero attached hydrogens (tertiary/aromatic N) is 4. The lowest BCUT2D eigenvalue weighted by Gasteiger charge is -2.25. The van der Waals surface area contributed by atoms with Crippen LogP contribution in [0.25, 0.3) is 0 Å². The molecule has 1 aromatic heterocycles. The van der Waals surface area contributed by atoms with Crippen molar-refractivity contribution < 1.29 is 0 Å². The Morgan fingerprint density at radius 2 is 2.06 bits per heavy atom. The number of aryl methyl sites for hydroxylation is 1. The molecule has 0 saturated heterocycles. The van der Waals surface area contributed by atoms with E-state index >= 15 is 0 Å². The predicted molar refractivity (Wildman–Crippen MR) is 64.1 cm³/mol. The Morgan fingerprint density at radius 1 is 1.38 bits per heavy atom. The summed E-state index contributed by atoms with van der Waals surface area (Å²) in [6.45, 7) is 7.88. The monoisotopic (exact) mass is 218 g/mol. The Kier molecular flexibility index (Phi) is 4.71. The van der Waals surface area contributed by atoms with Crippen LogP contribution in [0.4, 0.5) is 5.82 Å². The number of nitriles is 1. The summed E-state index contributed by atoms with van der Waals surface area (Å²) in [5, 5.41) is 8.65. The van der Waals surface area contributed by atoms with Gasteiger partial charge < -0.3 is 4.90 Å². The molecule has 0 unspecified atom stereocenters. The molecule has 16 heavy (non-hydrogen) atoms. The topological polar surface area (TPSA) is 52.8 Å². The van der Waals surface area contributed by atoms with Crippen LogP contribution in [0, 0.1) is 24.2 Å². The van der Waals surface area contributed by atoms with Gasteiger partial charge in [0.15, 0.2) is 0 Å². The minimum absolute atomic E-state index is 0.517. The van der Waals surface area contributed by atoms with Crippen LogP contribution in [0.1, 0.15) is 26.0 Å². The molecule has 86 valence electrons. The van der Waals surface area contributed by atoms with Crippen molar-refractivity contribution in [2.45, 2.75) is 27.2 Å². The molecule has 1 rings (SSSR count). The molecule has 0 bridgehead atoms. The van der Waals surface area contributed by atoms with Gasteiger partial charge in [-0.1, -0.05) is 13.8 Å². The lowest BCUT2D eigenvalue weighted by molar-refractivity contribution is 0.605. The third-order valence-electron chi connectivity index (χ3n) is 2.23. The van der Waals surface area contributed by atoms with Gasteiger partial charge in [0.05, 0.1) is 18.2 Å². The highest BCUT2D eigenvalue weighted by atomic mass is 15.2. The van der Waals surface area contributed by atoms with Crippen LogP contribution < -0.4 is 4.90 Å². The molecule has 0 aliphatic carbocycles. The standard InChI is InChI=1S/C12H18N4/c1-10(2)9-16(8-4-5-13)12-11(3)14-6-7-15-12/h6-7,10H,4,8-9H2,1-3H3. The molecule has 0 aliphatic heterocycles. The highest BCUT2D eigenvalue weighted by Crippen LogP contribution is 2.15. The number of hydrogen-bond acceptors (Lipinski definition) is 4. The summed E-state index contributed by atoms with van der Waals surface area (Å²) in [6.07, 6.45) is 3.90. The molecular weight excluding hydrogens is 200 g/mol. The van der Waals surface area contributed by atoms with Crippen molar-refractivity contribution in [3.8, 4) is 6.07 Å². The average Bonchev–Trinajstić information content (AvgIpc) is 2.24. The third-order valence-corrected chi connectivity index (χ3v) is 2.23. The highest BCUT2D eigenvalue weighted by molar-refractivity contribution is 5.42. The van der Waals surface area contributed by atoms with E-state index in [4.69, 9.17) is 5.26 Å². The average molecular weight is 218 g/mol. The molecule has 0 amide bonds. The maximum absolute atomic E-state index is 8.65. The Bertz CT molecular complexity index is 368.